The van der Waals surface area contributed by atoms with Gasteiger partial charge in [-0.15, -0.1) is 0 Å². The predicted octanol–water partition coefficient (Wildman–Crippen LogP) is 3.87. The summed E-state index contributed by atoms with van der Waals surface area (Å²) < 4.78 is 0. The quantitative estimate of drug-likeness (QED) is 0.904. The van der Waals surface area contributed by atoms with Crippen LogP contribution in [0, 0.1) is 0 Å². The normalized spacial score (nSPS) is 26.5. The molecule has 2 atom stereocenters. The van der Waals surface area contributed by atoms with Crippen LogP contribution in [0.15, 0.2) is 24.3 Å². The fourth-order valence-electron chi connectivity index (χ4n) is 4.13. The molecule has 1 aliphatic heterocycles. The fraction of sp³-hybridized carbons (Fsp3) is 0.684. The Morgan fingerprint density at radius 1 is 1.24 bits per heavy atom. The molecule has 2 aliphatic rings. The second-order valence-corrected chi connectivity index (χ2v) is 7.64. The minimum atomic E-state index is 0.326. The second-order valence-electron chi connectivity index (χ2n) is 7.64. The first-order valence-corrected chi connectivity index (χ1v) is 8.64. The lowest BCUT2D eigenvalue weighted by molar-refractivity contribution is 0.269. The van der Waals surface area contributed by atoms with E-state index < -0.39 is 0 Å². The number of rotatable bonds is 4. The maximum Gasteiger partial charge on any atom is 0.0326 e. The lowest BCUT2D eigenvalue weighted by Crippen LogP contribution is -2.42. The monoisotopic (exact) mass is 286 g/mol. The van der Waals surface area contributed by atoms with Gasteiger partial charge < -0.3 is 10.2 Å². The van der Waals surface area contributed by atoms with Crippen molar-refractivity contribution < 1.29 is 0 Å². The first-order valence-electron chi connectivity index (χ1n) is 8.64. The summed E-state index contributed by atoms with van der Waals surface area (Å²) >= 11 is 0. The van der Waals surface area contributed by atoms with Crippen LogP contribution in [0.3, 0.4) is 0 Å². The Labute approximate surface area is 129 Å². The number of nitrogens with zero attached hydrogens (tertiary/aromatic N) is 1. The molecule has 1 heterocycles. The van der Waals surface area contributed by atoms with E-state index in [4.69, 9.17) is 0 Å². The van der Waals surface area contributed by atoms with Crippen LogP contribution in [0.5, 0.6) is 0 Å². The maximum atomic E-state index is 3.90. The highest BCUT2D eigenvalue weighted by molar-refractivity contribution is 5.38. The molecule has 1 saturated heterocycles. The van der Waals surface area contributed by atoms with Gasteiger partial charge in [0.2, 0.25) is 0 Å². The minimum Gasteiger partial charge on any atom is -0.306 e. The zero-order valence-electron chi connectivity index (χ0n) is 13.9. The van der Waals surface area contributed by atoms with Gasteiger partial charge in [-0.05, 0) is 62.2 Å². The van der Waals surface area contributed by atoms with Crippen molar-refractivity contribution in [3.8, 4) is 0 Å². The molecule has 1 aliphatic carbocycles. The molecule has 0 bridgehead atoms. The van der Waals surface area contributed by atoms with Crippen LogP contribution in [0.4, 0.5) is 0 Å². The molecule has 1 aromatic rings. The average Bonchev–Trinajstić information content (AvgIpc) is 2.95. The zero-order valence-corrected chi connectivity index (χ0v) is 13.9. The van der Waals surface area contributed by atoms with Gasteiger partial charge in [0.05, 0.1) is 0 Å². The molecule has 2 heteroatoms. The lowest BCUT2D eigenvalue weighted by Gasteiger charge is -2.39. The number of hydrogen-bond donors (Lipinski definition) is 1. The molecular weight excluding hydrogens is 256 g/mol. The van der Waals surface area contributed by atoms with Crippen LogP contribution in [0.25, 0.3) is 0 Å². The SMILES string of the molecule is CC(CN1CCCC1)NC1CCC(C)(C)c2ccccc21. The van der Waals surface area contributed by atoms with Crippen molar-refractivity contribution in [2.45, 2.75) is 64.0 Å². The van der Waals surface area contributed by atoms with Crippen LogP contribution in [-0.2, 0) is 5.41 Å². The summed E-state index contributed by atoms with van der Waals surface area (Å²) in [6, 6.07) is 10.1. The van der Waals surface area contributed by atoms with Crippen molar-refractivity contribution >= 4 is 0 Å². The number of likely N-dealkylation sites (tertiary alicyclic amines) is 1. The molecule has 2 nitrogen and oxygen atoms in total. The van der Waals surface area contributed by atoms with Gasteiger partial charge in [-0.25, -0.2) is 0 Å². The van der Waals surface area contributed by atoms with E-state index in [1.807, 2.05) is 0 Å². The van der Waals surface area contributed by atoms with Gasteiger partial charge in [-0.2, -0.15) is 0 Å². The van der Waals surface area contributed by atoms with Crippen molar-refractivity contribution in [2.24, 2.45) is 0 Å². The van der Waals surface area contributed by atoms with Crippen LogP contribution < -0.4 is 5.32 Å². The molecule has 3 rings (SSSR count). The van der Waals surface area contributed by atoms with E-state index in [0.29, 0.717) is 17.5 Å². The molecular formula is C19H30N2. The Kier molecular flexibility index (Phi) is 4.37. The number of hydrogen-bond acceptors (Lipinski definition) is 2. The van der Waals surface area contributed by atoms with Crippen molar-refractivity contribution in [1.82, 2.24) is 10.2 Å². The molecule has 1 N–H and O–H groups in total. The zero-order chi connectivity index (χ0) is 14.9. The van der Waals surface area contributed by atoms with Crippen molar-refractivity contribution in [2.75, 3.05) is 19.6 Å². The third-order valence-corrected chi connectivity index (χ3v) is 5.34. The summed E-state index contributed by atoms with van der Waals surface area (Å²) in [6.45, 7) is 10.9. The third kappa shape index (κ3) is 3.32. The number of fused-ring (bicyclic) bond motifs is 1. The number of nitrogens with one attached hydrogen (secondary N) is 1. The van der Waals surface area contributed by atoms with Gasteiger partial charge in [-0.1, -0.05) is 38.1 Å². The Morgan fingerprint density at radius 3 is 2.71 bits per heavy atom. The van der Waals surface area contributed by atoms with Crippen molar-refractivity contribution in [3.05, 3.63) is 35.4 Å². The van der Waals surface area contributed by atoms with E-state index >= 15 is 0 Å². The van der Waals surface area contributed by atoms with Gasteiger partial charge in [0.1, 0.15) is 0 Å². The second kappa shape index (κ2) is 6.10. The first-order chi connectivity index (χ1) is 10.1. The highest BCUT2D eigenvalue weighted by Gasteiger charge is 2.32. The van der Waals surface area contributed by atoms with Crippen molar-refractivity contribution in [1.29, 1.82) is 0 Å². The summed E-state index contributed by atoms with van der Waals surface area (Å²) in [6.07, 6.45) is 5.30. The average molecular weight is 286 g/mol. The molecule has 1 fully saturated rings. The summed E-state index contributed by atoms with van der Waals surface area (Å²) in [5.41, 5.74) is 3.40. The summed E-state index contributed by atoms with van der Waals surface area (Å²) in [7, 11) is 0. The van der Waals surface area contributed by atoms with Gasteiger partial charge >= 0.3 is 0 Å². The Hall–Kier alpha value is -0.860. The maximum absolute atomic E-state index is 3.90. The van der Waals surface area contributed by atoms with Gasteiger partial charge in [0.15, 0.2) is 0 Å². The van der Waals surface area contributed by atoms with E-state index in [1.165, 1.54) is 50.9 Å². The summed E-state index contributed by atoms with van der Waals surface area (Å²) in [5, 5.41) is 3.90. The standard InChI is InChI=1S/C19H30N2/c1-15(14-21-12-6-7-13-21)20-18-10-11-19(2,3)17-9-5-4-8-16(17)18/h4-5,8-9,15,18,20H,6-7,10-14H2,1-3H3. The topological polar surface area (TPSA) is 15.3 Å². The fourth-order valence-corrected chi connectivity index (χ4v) is 4.13. The molecule has 0 spiro atoms. The molecule has 116 valence electrons. The number of benzene rings is 1. The van der Waals surface area contributed by atoms with E-state index in [1.54, 1.807) is 5.56 Å². The molecule has 21 heavy (non-hydrogen) atoms. The highest BCUT2D eigenvalue weighted by Crippen LogP contribution is 2.41. The third-order valence-electron chi connectivity index (χ3n) is 5.34. The van der Waals surface area contributed by atoms with Gasteiger partial charge in [0, 0.05) is 18.6 Å². The summed E-state index contributed by atoms with van der Waals surface area (Å²) in [5.74, 6) is 0. The first kappa shape index (κ1) is 15.1. The highest BCUT2D eigenvalue weighted by atomic mass is 15.2. The predicted molar refractivity (Wildman–Crippen MR) is 89.7 cm³/mol. The smallest absolute Gasteiger partial charge is 0.0326 e. The van der Waals surface area contributed by atoms with E-state index in [9.17, 15) is 0 Å². The van der Waals surface area contributed by atoms with Gasteiger partial charge in [0.25, 0.3) is 0 Å². The molecule has 0 saturated carbocycles. The molecule has 2 unspecified atom stereocenters. The molecule has 0 amide bonds. The molecule has 1 aromatic carbocycles. The summed E-state index contributed by atoms with van der Waals surface area (Å²) in [4.78, 5) is 2.61. The van der Waals surface area contributed by atoms with Crippen LogP contribution >= 0.6 is 0 Å². The minimum absolute atomic E-state index is 0.326. The Balaban J connectivity index is 1.68. The van der Waals surface area contributed by atoms with E-state index in [2.05, 4.69) is 55.3 Å². The van der Waals surface area contributed by atoms with Crippen LogP contribution in [0.1, 0.15) is 63.6 Å². The van der Waals surface area contributed by atoms with Crippen molar-refractivity contribution in [3.63, 3.8) is 0 Å². The van der Waals surface area contributed by atoms with E-state index in [0.717, 1.165) is 0 Å². The van der Waals surface area contributed by atoms with Gasteiger partial charge in [-0.3, -0.25) is 0 Å². The van der Waals surface area contributed by atoms with E-state index in [-0.39, 0.29) is 0 Å². The van der Waals surface area contributed by atoms with Crippen LogP contribution in [0.2, 0.25) is 0 Å². The Bertz CT molecular complexity index is 474. The largest absolute Gasteiger partial charge is 0.306 e. The molecule has 0 radical (unpaired) electrons. The van der Waals surface area contributed by atoms with Crippen LogP contribution in [-0.4, -0.2) is 30.6 Å². The molecule has 0 aromatic heterocycles. The Morgan fingerprint density at radius 2 is 1.95 bits per heavy atom. The lowest BCUT2D eigenvalue weighted by atomic mass is 9.71.